The van der Waals surface area contributed by atoms with Crippen LogP contribution < -0.4 is 0 Å². The number of carbonyl (C=O) groups is 4. The lowest BCUT2D eigenvalue weighted by atomic mass is 10.1. The van der Waals surface area contributed by atoms with E-state index in [1.165, 1.54) is 24.3 Å². The van der Waals surface area contributed by atoms with Crippen LogP contribution in [0, 0.1) is 19.7 Å². The van der Waals surface area contributed by atoms with Crippen molar-refractivity contribution in [3.8, 4) is 5.69 Å². The third-order valence-electron chi connectivity index (χ3n) is 5.35. The van der Waals surface area contributed by atoms with Gasteiger partial charge in [-0.2, -0.15) is 0 Å². The Balaban J connectivity index is 1.42. The maximum Gasteiger partial charge on any atom is 0.326 e. The molecule has 0 bridgehead atoms. The maximum absolute atomic E-state index is 13.2. The van der Waals surface area contributed by atoms with Gasteiger partial charge in [0.1, 0.15) is 12.4 Å². The molecule has 0 radical (unpaired) electrons. The van der Waals surface area contributed by atoms with Gasteiger partial charge in [0.2, 0.25) is 5.78 Å². The van der Waals surface area contributed by atoms with Gasteiger partial charge in [0, 0.05) is 22.6 Å². The number of ether oxygens (including phenoxy) is 1. The Morgan fingerprint density at radius 1 is 0.938 bits per heavy atom. The summed E-state index contributed by atoms with van der Waals surface area (Å²) in [6, 6.07) is 13.8. The molecule has 0 aliphatic carbocycles. The van der Waals surface area contributed by atoms with E-state index in [4.69, 9.17) is 4.74 Å². The minimum atomic E-state index is -0.861. The first-order chi connectivity index (χ1) is 15.3. The molecule has 1 aliphatic rings. The summed E-state index contributed by atoms with van der Waals surface area (Å²) in [6.45, 7) is 2.44. The first-order valence-corrected chi connectivity index (χ1v) is 9.87. The summed E-state index contributed by atoms with van der Waals surface area (Å²) in [4.78, 5) is 50.4. The number of esters is 1. The molecule has 0 spiro atoms. The molecule has 0 fully saturated rings. The quantitative estimate of drug-likeness (QED) is 0.338. The zero-order valence-electron chi connectivity index (χ0n) is 17.4. The third kappa shape index (κ3) is 3.71. The van der Waals surface area contributed by atoms with Crippen LogP contribution in [0.25, 0.3) is 5.69 Å². The van der Waals surface area contributed by atoms with Gasteiger partial charge in [-0.1, -0.05) is 12.1 Å². The maximum atomic E-state index is 13.2. The number of fused-ring (bicyclic) bond motifs is 1. The second kappa shape index (κ2) is 8.22. The van der Waals surface area contributed by atoms with Gasteiger partial charge in [0.15, 0.2) is 6.61 Å². The van der Waals surface area contributed by atoms with Crippen LogP contribution in [0.3, 0.4) is 0 Å². The first kappa shape index (κ1) is 21.2. The van der Waals surface area contributed by atoms with Crippen LogP contribution in [0.15, 0.2) is 54.6 Å². The largest absolute Gasteiger partial charge is 0.456 e. The van der Waals surface area contributed by atoms with Crippen molar-refractivity contribution in [1.82, 2.24) is 9.47 Å². The van der Waals surface area contributed by atoms with E-state index >= 15 is 0 Å². The van der Waals surface area contributed by atoms with Crippen molar-refractivity contribution in [2.45, 2.75) is 13.8 Å². The summed E-state index contributed by atoms with van der Waals surface area (Å²) in [5, 5.41) is 0. The molecule has 4 rings (SSSR count). The zero-order valence-corrected chi connectivity index (χ0v) is 17.4. The van der Waals surface area contributed by atoms with Crippen molar-refractivity contribution >= 4 is 23.6 Å². The second-order valence-electron chi connectivity index (χ2n) is 7.42. The predicted molar refractivity (Wildman–Crippen MR) is 112 cm³/mol. The minimum Gasteiger partial charge on any atom is -0.456 e. The van der Waals surface area contributed by atoms with E-state index in [0.717, 1.165) is 10.6 Å². The molecule has 0 atom stereocenters. The van der Waals surface area contributed by atoms with Gasteiger partial charge >= 0.3 is 5.97 Å². The number of halogens is 1. The highest BCUT2D eigenvalue weighted by molar-refractivity contribution is 6.22. The number of amides is 2. The molecule has 1 aliphatic heterocycles. The lowest BCUT2D eigenvalue weighted by Crippen LogP contribution is -2.36. The van der Waals surface area contributed by atoms with Crippen molar-refractivity contribution in [3.63, 3.8) is 0 Å². The van der Waals surface area contributed by atoms with Gasteiger partial charge in [-0.05, 0) is 56.3 Å². The van der Waals surface area contributed by atoms with E-state index < -0.39 is 36.7 Å². The first-order valence-electron chi connectivity index (χ1n) is 9.87. The molecule has 2 heterocycles. The van der Waals surface area contributed by atoms with Gasteiger partial charge in [-0.15, -0.1) is 0 Å². The molecule has 0 saturated heterocycles. The number of hydrogen-bond acceptors (Lipinski definition) is 5. The zero-order chi connectivity index (χ0) is 23.0. The molecular formula is C24H19FN2O5. The number of aryl methyl sites for hydroxylation is 1. The van der Waals surface area contributed by atoms with E-state index in [1.807, 2.05) is 0 Å². The fourth-order valence-corrected chi connectivity index (χ4v) is 3.81. The summed E-state index contributed by atoms with van der Waals surface area (Å²) in [7, 11) is 0. The molecule has 32 heavy (non-hydrogen) atoms. The summed E-state index contributed by atoms with van der Waals surface area (Å²) < 4.78 is 20.1. The van der Waals surface area contributed by atoms with Gasteiger partial charge in [-0.25, -0.2) is 4.39 Å². The van der Waals surface area contributed by atoms with E-state index in [2.05, 4.69) is 0 Å². The minimum absolute atomic E-state index is 0.231. The SMILES string of the molecule is Cc1cc(C(=O)COC(=O)CN2C(=O)c3ccccc3C2=O)c(C)n1-c1ccc(F)cc1. The summed E-state index contributed by atoms with van der Waals surface area (Å²) >= 11 is 0. The number of rotatable bonds is 6. The predicted octanol–water partition coefficient (Wildman–Crippen LogP) is 3.26. The molecule has 2 amide bonds. The highest BCUT2D eigenvalue weighted by Crippen LogP contribution is 2.23. The number of carbonyl (C=O) groups excluding carboxylic acids is 4. The summed E-state index contributed by atoms with van der Waals surface area (Å²) in [6.07, 6.45) is 0. The molecule has 0 saturated carbocycles. The van der Waals surface area contributed by atoms with Gasteiger partial charge < -0.3 is 9.30 Å². The van der Waals surface area contributed by atoms with Crippen molar-refractivity contribution in [1.29, 1.82) is 0 Å². The van der Waals surface area contributed by atoms with Crippen molar-refractivity contribution in [2.75, 3.05) is 13.2 Å². The topological polar surface area (TPSA) is 85.7 Å². The van der Waals surface area contributed by atoms with Crippen LogP contribution >= 0.6 is 0 Å². The van der Waals surface area contributed by atoms with E-state index in [1.54, 1.807) is 48.7 Å². The highest BCUT2D eigenvalue weighted by atomic mass is 19.1. The molecule has 7 nitrogen and oxygen atoms in total. The fourth-order valence-electron chi connectivity index (χ4n) is 3.81. The second-order valence-corrected chi connectivity index (χ2v) is 7.42. The van der Waals surface area contributed by atoms with Gasteiger partial charge in [0.05, 0.1) is 11.1 Å². The normalized spacial score (nSPS) is 12.8. The number of imide groups is 1. The van der Waals surface area contributed by atoms with Crippen molar-refractivity contribution in [3.05, 3.63) is 88.5 Å². The molecule has 2 aromatic carbocycles. The molecule has 0 N–H and O–H groups in total. The molecule has 162 valence electrons. The van der Waals surface area contributed by atoms with Crippen LogP contribution in [0.1, 0.15) is 42.5 Å². The highest BCUT2D eigenvalue weighted by Gasteiger charge is 2.36. The molecule has 8 heteroatoms. The van der Waals surface area contributed by atoms with Crippen LogP contribution in [0.4, 0.5) is 4.39 Å². The summed E-state index contributed by atoms with van der Waals surface area (Å²) in [5.74, 6) is -2.80. The Morgan fingerprint density at radius 3 is 2.12 bits per heavy atom. The Labute approximate surface area is 183 Å². The molecule has 0 unspecified atom stereocenters. The Hall–Kier alpha value is -4.07. The average molecular weight is 434 g/mol. The average Bonchev–Trinajstić information content (AvgIpc) is 3.21. The van der Waals surface area contributed by atoms with Gasteiger partial charge in [0.25, 0.3) is 11.8 Å². The summed E-state index contributed by atoms with van der Waals surface area (Å²) in [5.41, 5.74) is 2.90. The molecule has 1 aromatic heterocycles. The number of benzene rings is 2. The number of aromatic nitrogens is 1. The fraction of sp³-hybridized carbons (Fsp3) is 0.167. The van der Waals surface area contributed by atoms with Gasteiger partial charge in [-0.3, -0.25) is 24.1 Å². The number of Topliss-reactive ketones (excluding diaryl/α,β-unsaturated/α-hetero) is 1. The molecule has 3 aromatic rings. The number of nitrogens with zero attached hydrogens (tertiary/aromatic N) is 2. The Morgan fingerprint density at radius 2 is 1.53 bits per heavy atom. The van der Waals surface area contributed by atoms with Crippen LogP contribution in [0.2, 0.25) is 0 Å². The van der Waals surface area contributed by atoms with Crippen LogP contribution in [-0.4, -0.2) is 46.2 Å². The van der Waals surface area contributed by atoms with Crippen molar-refractivity contribution < 1.29 is 28.3 Å². The Bertz CT molecular complexity index is 1220. The van der Waals surface area contributed by atoms with E-state index in [0.29, 0.717) is 16.9 Å². The number of hydrogen-bond donors (Lipinski definition) is 0. The molecular weight excluding hydrogens is 415 g/mol. The van der Waals surface area contributed by atoms with Crippen LogP contribution in [-0.2, 0) is 9.53 Å². The third-order valence-corrected chi connectivity index (χ3v) is 5.35. The smallest absolute Gasteiger partial charge is 0.326 e. The van der Waals surface area contributed by atoms with Crippen LogP contribution in [0.5, 0.6) is 0 Å². The Kier molecular flexibility index (Phi) is 5.44. The number of ketones is 1. The standard InChI is InChI=1S/C24H19FN2O5/c1-14-11-20(15(2)27(14)17-9-7-16(25)8-10-17)21(28)13-32-22(29)12-26-23(30)18-5-3-4-6-19(18)24(26)31/h3-11H,12-13H2,1-2H3. The van der Waals surface area contributed by atoms with E-state index in [-0.39, 0.29) is 16.9 Å². The monoisotopic (exact) mass is 434 g/mol. The van der Waals surface area contributed by atoms with E-state index in [9.17, 15) is 23.6 Å². The van der Waals surface area contributed by atoms with Crippen molar-refractivity contribution in [2.24, 2.45) is 0 Å². The lowest BCUT2D eigenvalue weighted by Gasteiger charge is -2.13. The lowest BCUT2D eigenvalue weighted by molar-refractivity contribution is -0.142.